The van der Waals surface area contributed by atoms with Crippen LogP contribution in [0.4, 0.5) is 0 Å². The molecule has 1 unspecified atom stereocenters. The van der Waals surface area contributed by atoms with E-state index in [0.717, 1.165) is 0 Å². The van der Waals surface area contributed by atoms with Gasteiger partial charge in [-0.1, -0.05) is 12.1 Å². The molecule has 15 heavy (non-hydrogen) atoms. The van der Waals surface area contributed by atoms with Crippen molar-refractivity contribution in [1.82, 2.24) is 0 Å². The van der Waals surface area contributed by atoms with E-state index < -0.39 is 11.2 Å². The Kier molecular flexibility index (Phi) is 2.37. The van der Waals surface area contributed by atoms with Gasteiger partial charge in [-0.2, -0.15) is 0 Å². The van der Waals surface area contributed by atoms with Crippen LogP contribution in [-0.2, 0) is 0 Å². The molecular formula is C10H9NO4. The Labute approximate surface area is 85.8 Å². The number of fused-ring (bicyclic) bond motifs is 1. The Balaban J connectivity index is 2.38. The number of carbonyl (C=O) groups excluding carboxylic acids is 1. The smallest absolute Gasteiger partial charge is 0.354 e. The first-order valence-corrected chi connectivity index (χ1v) is 4.61. The van der Waals surface area contributed by atoms with Crippen molar-refractivity contribution in [3.8, 4) is 5.75 Å². The van der Waals surface area contributed by atoms with Gasteiger partial charge in [0, 0.05) is 6.42 Å². The van der Waals surface area contributed by atoms with Gasteiger partial charge in [-0.3, -0.25) is 14.9 Å². The fourth-order valence-electron chi connectivity index (χ4n) is 1.54. The van der Waals surface area contributed by atoms with Crippen molar-refractivity contribution in [3.63, 3.8) is 0 Å². The standard InChI is InChI=1S/C10H9NO4/c12-8-5-6-10(11(13)14)15-9-4-2-1-3-7(8)9/h1-4,10H,5-6H2. The van der Waals surface area contributed by atoms with E-state index in [1.807, 2.05) is 0 Å². The summed E-state index contributed by atoms with van der Waals surface area (Å²) in [5, 5.41) is 10.6. The van der Waals surface area contributed by atoms with Gasteiger partial charge in [-0.25, -0.2) is 0 Å². The van der Waals surface area contributed by atoms with E-state index in [0.29, 0.717) is 11.3 Å². The minimum absolute atomic E-state index is 0.102. The molecule has 0 saturated carbocycles. The van der Waals surface area contributed by atoms with Gasteiger partial charge in [-0.15, -0.1) is 0 Å². The monoisotopic (exact) mass is 207 g/mol. The third-order valence-electron chi connectivity index (χ3n) is 2.30. The predicted octanol–water partition coefficient (Wildman–Crippen LogP) is 1.64. The van der Waals surface area contributed by atoms with Crippen LogP contribution in [0.2, 0.25) is 0 Å². The number of Topliss-reactive ketones (excluding diaryl/α,β-unsaturated/α-hetero) is 1. The molecule has 5 nitrogen and oxygen atoms in total. The lowest BCUT2D eigenvalue weighted by Gasteiger charge is -2.08. The van der Waals surface area contributed by atoms with Gasteiger partial charge in [0.2, 0.25) is 0 Å². The Morgan fingerprint density at radius 2 is 2.13 bits per heavy atom. The van der Waals surface area contributed by atoms with Crippen LogP contribution in [0.1, 0.15) is 23.2 Å². The van der Waals surface area contributed by atoms with E-state index in [2.05, 4.69) is 0 Å². The van der Waals surface area contributed by atoms with Crippen molar-refractivity contribution in [2.75, 3.05) is 0 Å². The number of hydrogen-bond acceptors (Lipinski definition) is 4. The lowest BCUT2D eigenvalue weighted by molar-refractivity contribution is -0.563. The summed E-state index contributed by atoms with van der Waals surface area (Å²) in [7, 11) is 0. The molecule has 1 heterocycles. The Hall–Kier alpha value is -1.91. The summed E-state index contributed by atoms with van der Waals surface area (Å²) in [5.41, 5.74) is 0.432. The summed E-state index contributed by atoms with van der Waals surface area (Å²) in [6.07, 6.45) is -0.832. The quantitative estimate of drug-likeness (QED) is 0.518. The predicted molar refractivity (Wildman–Crippen MR) is 51.4 cm³/mol. The highest BCUT2D eigenvalue weighted by Gasteiger charge is 2.29. The summed E-state index contributed by atoms with van der Waals surface area (Å²) < 4.78 is 5.17. The zero-order valence-corrected chi connectivity index (χ0v) is 7.88. The van der Waals surface area contributed by atoms with E-state index in [1.165, 1.54) is 0 Å². The number of rotatable bonds is 1. The molecular weight excluding hydrogens is 198 g/mol. The molecule has 1 aromatic carbocycles. The number of nitro groups is 1. The first kappa shape index (κ1) is 9.64. The summed E-state index contributed by atoms with van der Waals surface area (Å²) >= 11 is 0. The van der Waals surface area contributed by atoms with E-state index in [9.17, 15) is 14.9 Å². The van der Waals surface area contributed by atoms with Crippen LogP contribution in [0, 0.1) is 10.1 Å². The third-order valence-corrected chi connectivity index (χ3v) is 2.30. The van der Waals surface area contributed by atoms with Gasteiger partial charge in [0.05, 0.1) is 16.9 Å². The first-order valence-electron chi connectivity index (χ1n) is 4.61. The number of hydrogen-bond donors (Lipinski definition) is 0. The zero-order valence-electron chi connectivity index (χ0n) is 7.88. The molecule has 1 atom stereocenters. The van der Waals surface area contributed by atoms with Crippen molar-refractivity contribution in [2.24, 2.45) is 0 Å². The SMILES string of the molecule is O=C1CCC([N+](=O)[O-])Oc2ccccc21. The highest BCUT2D eigenvalue weighted by Crippen LogP contribution is 2.26. The lowest BCUT2D eigenvalue weighted by Crippen LogP contribution is -2.25. The zero-order chi connectivity index (χ0) is 10.8. The van der Waals surface area contributed by atoms with Gasteiger partial charge in [-0.05, 0) is 12.1 Å². The molecule has 0 saturated heterocycles. The van der Waals surface area contributed by atoms with Crippen molar-refractivity contribution in [2.45, 2.75) is 19.1 Å². The molecule has 0 fully saturated rings. The minimum Gasteiger partial charge on any atom is -0.429 e. The van der Waals surface area contributed by atoms with Gasteiger partial charge in [0.1, 0.15) is 5.75 Å². The van der Waals surface area contributed by atoms with Gasteiger partial charge in [0.25, 0.3) is 0 Å². The van der Waals surface area contributed by atoms with Crippen molar-refractivity contribution in [1.29, 1.82) is 0 Å². The Morgan fingerprint density at radius 3 is 2.87 bits per heavy atom. The highest BCUT2D eigenvalue weighted by molar-refractivity contribution is 5.98. The molecule has 5 heteroatoms. The maximum absolute atomic E-state index is 11.6. The molecule has 0 aliphatic carbocycles. The molecule has 1 aliphatic heterocycles. The van der Waals surface area contributed by atoms with Gasteiger partial charge >= 0.3 is 6.23 Å². The molecule has 0 amide bonds. The average molecular weight is 207 g/mol. The molecule has 0 N–H and O–H groups in total. The number of carbonyl (C=O) groups is 1. The molecule has 0 aromatic heterocycles. The van der Waals surface area contributed by atoms with E-state index in [-0.39, 0.29) is 18.6 Å². The molecule has 0 bridgehead atoms. The molecule has 2 rings (SSSR count). The summed E-state index contributed by atoms with van der Waals surface area (Å²) in [5.74, 6) is 0.205. The van der Waals surface area contributed by atoms with Crippen LogP contribution < -0.4 is 4.74 Å². The van der Waals surface area contributed by atoms with Crippen LogP contribution in [0.5, 0.6) is 5.75 Å². The maximum atomic E-state index is 11.6. The molecule has 0 spiro atoms. The fraction of sp³-hybridized carbons (Fsp3) is 0.300. The number of ether oxygens (including phenoxy) is 1. The molecule has 0 radical (unpaired) electrons. The van der Waals surface area contributed by atoms with Crippen LogP contribution in [0.3, 0.4) is 0 Å². The average Bonchev–Trinajstić information content (AvgIpc) is 2.39. The summed E-state index contributed by atoms with van der Waals surface area (Å²) in [6.45, 7) is 0. The summed E-state index contributed by atoms with van der Waals surface area (Å²) in [4.78, 5) is 21.7. The van der Waals surface area contributed by atoms with Gasteiger partial charge < -0.3 is 4.74 Å². The third kappa shape index (κ3) is 1.81. The van der Waals surface area contributed by atoms with Crippen molar-refractivity contribution < 1.29 is 14.5 Å². The minimum atomic E-state index is -1.11. The van der Waals surface area contributed by atoms with E-state index in [4.69, 9.17) is 4.74 Å². The first-order chi connectivity index (χ1) is 7.18. The van der Waals surface area contributed by atoms with Crippen LogP contribution >= 0.6 is 0 Å². The van der Waals surface area contributed by atoms with Crippen molar-refractivity contribution >= 4 is 5.78 Å². The fourth-order valence-corrected chi connectivity index (χ4v) is 1.54. The molecule has 78 valence electrons. The van der Waals surface area contributed by atoms with Crippen LogP contribution in [0.25, 0.3) is 0 Å². The second-order valence-corrected chi connectivity index (χ2v) is 3.32. The number of para-hydroxylation sites is 1. The number of benzene rings is 1. The number of nitrogens with zero attached hydrogens (tertiary/aromatic N) is 1. The second kappa shape index (κ2) is 3.68. The highest BCUT2D eigenvalue weighted by atomic mass is 16.7. The van der Waals surface area contributed by atoms with Crippen molar-refractivity contribution in [3.05, 3.63) is 39.9 Å². The summed E-state index contributed by atoms with van der Waals surface area (Å²) in [6, 6.07) is 6.61. The lowest BCUT2D eigenvalue weighted by atomic mass is 10.1. The second-order valence-electron chi connectivity index (χ2n) is 3.32. The Morgan fingerprint density at radius 1 is 1.40 bits per heavy atom. The molecule has 1 aliphatic rings. The van der Waals surface area contributed by atoms with Gasteiger partial charge in [0.15, 0.2) is 5.78 Å². The number of ketones is 1. The van der Waals surface area contributed by atoms with Crippen LogP contribution in [-0.4, -0.2) is 16.9 Å². The largest absolute Gasteiger partial charge is 0.429 e. The maximum Gasteiger partial charge on any atom is 0.354 e. The van der Waals surface area contributed by atoms with E-state index >= 15 is 0 Å². The topological polar surface area (TPSA) is 69.4 Å². The normalized spacial score (nSPS) is 20.0. The Bertz CT molecular complexity index is 416. The van der Waals surface area contributed by atoms with E-state index in [1.54, 1.807) is 24.3 Å². The van der Waals surface area contributed by atoms with Crippen LogP contribution in [0.15, 0.2) is 24.3 Å². The molecule has 1 aromatic rings.